The fraction of sp³-hybridized carbons (Fsp3) is 0.125. The Labute approximate surface area is 199 Å². The zero-order chi connectivity index (χ0) is 13.0. The predicted octanol–water partition coefficient (Wildman–Crippen LogP) is -10.5. The van der Waals surface area contributed by atoms with Crippen molar-refractivity contribution in [1.82, 2.24) is 0 Å². The molecule has 0 N–H and O–H groups in total. The molecule has 0 aliphatic carbocycles. The summed E-state index contributed by atoms with van der Waals surface area (Å²) in [6.07, 6.45) is -1.10. The molecule has 2 aromatic carbocycles. The van der Waals surface area contributed by atoms with E-state index in [1.165, 1.54) is 0 Å². The molecule has 2 rings (SSSR count). The quantitative estimate of drug-likeness (QED) is 0.343. The van der Waals surface area contributed by atoms with Crippen LogP contribution in [0.3, 0.4) is 0 Å². The molecule has 0 aliphatic rings. The van der Waals surface area contributed by atoms with E-state index in [0.29, 0.717) is 16.7 Å². The minimum atomic E-state index is -1.10. The van der Waals surface area contributed by atoms with Crippen LogP contribution in [0.5, 0.6) is 0 Å². The average molecular weight is 452 g/mol. The van der Waals surface area contributed by atoms with Crippen LogP contribution in [-0.4, -0.2) is 23.1 Å². The van der Waals surface area contributed by atoms with Gasteiger partial charge in [-0.25, -0.2) is 0 Å². The third-order valence-electron chi connectivity index (χ3n) is 2.89. The fourth-order valence-corrected chi connectivity index (χ4v) is 1.81. The van der Waals surface area contributed by atoms with Gasteiger partial charge in [0.25, 0.3) is 0 Å². The minimum Gasteiger partial charge on any atom is -1.00 e. The van der Waals surface area contributed by atoms with Crippen molar-refractivity contribution in [3.8, 4) is 0 Å². The van der Waals surface area contributed by atoms with Crippen LogP contribution in [0.15, 0.2) is 66.2 Å². The van der Waals surface area contributed by atoms with E-state index in [4.69, 9.17) is 0 Å². The maximum Gasteiger partial charge on any atom is 4.00 e. The molecule has 0 unspecified atom stereocenters. The molecule has 0 amide bonds. The number of hydrogen-bond acceptors (Lipinski definition) is 2. The van der Waals surface area contributed by atoms with E-state index in [-0.39, 0.29) is 100 Å². The van der Waals surface area contributed by atoms with Gasteiger partial charge in [0.2, 0.25) is 0 Å². The van der Waals surface area contributed by atoms with E-state index in [0.717, 1.165) is 0 Å². The molecule has 2 aromatic rings. The van der Waals surface area contributed by atoms with Crippen LogP contribution in [0.1, 0.15) is 24.2 Å². The molecule has 24 heavy (non-hydrogen) atoms. The van der Waals surface area contributed by atoms with Crippen LogP contribution >= 0.6 is 0 Å². The second-order valence-corrected chi connectivity index (χ2v) is 4.17. The Morgan fingerprint density at radius 3 is 1.58 bits per heavy atom. The van der Waals surface area contributed by atoms with Crippen molar-refractivity contribution in [3.05, 3.63) is 77.4 Å². The molecule has 0 heterocycles. The molecular weight excluding hydrogens is 438 g/mol. The molecule has 0 saturated heterocycles. The van der Waals surface area contributed by atoms with Gasteiger partial charge in [-0.05, 0) is 12.5 Å². The van der Waals surface area contributed by atoms with E-state index in [1.54, 1.807) is 55.5 Å². The Morgan fingerprint density at radius 1 is 0.792 bits per heavy atom. The third kappa shape index (κ3) is 9.91. The molecule has 0 radical (unpaired) electrons. The first kappa shape index (κ1) is 35.6. The summed E-state index contributed by atoms with van der Waals surface area (Å²) < 4.78 is 0. The second kappa shape index (κ2) is 18.4. The zero-order valence-electron chi connectivity index (χ0n) is 12.9. The molecule has 1 atom stereocenters. The van der Waals surface area contributed by atoms with Gasteiger partial charge in [0.05, 0.1) is 0 Å². The first-order valence-corrected chi connectivity index (χ1v) is 5.84. The SMILES string of the molecule is C/C(=C(/[O-])c1ccccc1)[C@@H]([O-])c1ccccc1.[Cl-].[Cl-].[Cl-].[Cl-].[Mg+2].[Ti+4]. The van der Waals surface area contributed by atoms with Crippen molar-refractivity contribution < 1.29 is 81.6 Å². The Morgan fingerprint density at radius 2 is 1.17 bits per heavy atom. The van der Waals surface area contributed by atoms with Gasteiger partial charge >= 0.3 is 44.8 Å². The van der Waals surface area contributed by atoms with E-state index in [1.807, 2.05) is 12.1 Å². The Balaban J connectivity index is -0.000000201. The van der Waals surface area contributed by atoms with E-state index >= 15 is 0 Å². The number of hydrogen-bond donors (Lipinski definition) is 0. The first-order chi connectivity index (χ1) is 8.70. The zero-order valence-corrected chi connectivity index (χ0v) is 18.9. The van der Waals surface area contributed by atoms with Gasteiger partial charge in [0.1, 0.15) is 0 Å². The van der Waals surface area contributed by atoms with Crippen LogP contribution in [0.2, 0.25) is 0 Å². The smallest absolute Gasteiger partial charge is 1.00 e. The average Bonchev–Trinajstić information content (AvgIpc) is 2.47. The number of rotatable bonds is 3. The molecule has 0 aliphatic heterocycles. The van der Waals surface area contributed by atoms with Gasteiger partial charge < -0.3 is 59.8 Å². The Bertz CT molecular complexity index is 557. The Hall–Kier alpha value is 0.581. The molecule has 2 nitrogen and oxygen atoms in total. The standard InChI is InChI=1S/C16H15O2.4ClH.Mg.Ti/c1-12(15(17)13-8-4-2-5-9-13)16(18)14-10-6-3-7-11-14;;;;;;/h2-11,15,18H,1H3;4*1H;;/q-1;;;;;+2;+4/p-5/b16-12-;;;;;;/t15-;;;;;;/m1....../s1. The van der Waals surface area contributed by atoms with Crippen molar-refractivity contribution in [3.63, 3.8) is 0 Å². The van der Waals surface area contributed by atoms with Gasteiger partial charge in [-0.3, -0.25) is 0 Å². The monoisotopic (exact) mass is 450 g/mol. The molecule has 0 fully saturated rings. The van der Waals surface area contributed by atoms with Crippen LogP contribution < -0.4 is 59.8 Å². The van der Waals surface area contributed by atoms with Crippen molar-refractivity contribution in [2.45, 2.75) is 13.0 Å². The van der Waals surface area contributed by atoms with Gasteiger partial charge in [-0.1, -0.05) is 77.9 Å². The summed E-state index contributed by atoms with van der Waals surface area (Å²) in [6.45, 7) is 1.61. The van der Waals surface area contributed by atoms with Gasteiger partial charge in [0, 0.05) is 0 Å². The first-order valence-electron chi connectivity index (χ1n) is 5.84. The topological polar surface area (TPSA) is 46.1 Å². The normalized spacial score (nSPS) is 10.4. The maximum absolute atomic E-state index is 12.2. The van der Waals surface area contributed by atoms with Crippen LogP contribution in [0, 0.1) is 0 Å². The largest absolute Gasteiger partial charge is 4.00 e. The van der Waals surface area contributed by atoms with Crippen LogP contribution in [0.25, 0.3) is 5.76 Å². The number of halogens is 4. The summed E-state index contributed by atoms with van der Waals surface area (Å²) in [5, 5.41) is 24.3. The molecular formula is C16H14Cl4MgO2Ti. The van der Waals surface area contributed by atoms with E-state index < -0.39 is 6.10 Å². The predicted molar refractivity (Wildman–Crippen MR) is 74.0 cm³/mol. The molecule has 0 saturated carbocycles. The van der Waals surface area contributed by atoms with Crippen LogP contribution in [-0.2, 0) is 21.7 Å². The minimum absolute atomic E-state index is 0. The summed E-state index contributed by atoms with van der Waals surface area (Å²) in [6, 6.07) is 17.8. The maximum atomic E-state index is 12.2. The summed E-state index contributed by atoms with van der Waals surface area (Å²) in [5.41, 5.74) is 1.51. The molecule has 0 aromatic heterocycles. The second-order valence-electron chi connectivity index (χ2n) is 4.17. The molecule has 124 valence electrons. The summed E-state index contributed by atoms with van der Waals surface area (Å²) >= 11 is 0. The molecule has 0 spiro atoms. The molecule has 8 heteroatoms. The van der Waals surface area contributed by atoms with E-state index in [2.05, 4.69) is 0 Å². The van der Waals surface area contributed by atoms with Gasteiger partial charge in [0.15, 0.2) is 0 Å². The third-order valence-corrected chi connectivity index (χ3v) is 2.89. The van der Waals surface area contributed by atoms with Gasteiger partial charge in [-0.15, -0.1) is 5.76 Å². The van der Waals surface area contributed by atoms with Crippen LogP contribution in [0.4, 0.5) is 0 Å². The van der Waals surface area contributed by atoms with Crippen molar-refractivity contribution in [2.24, 2.45) is 0 Å². The van der Waals surface area contributed by atoms with Crippen molar-refractivity contribution >= 4 is 28.8 Å². The van der Waals surface area contributed by atoms with Crippen molar-refractivity contribution in [1.29, 1.82) is 0 Å². The van der Waals surface area contributed by atoms with E-state index in [9.17, 15) is 10.2 Å². The summed E-state index contributed by atoms with van der Waals surface area (Å²) in [5.74, 6) is -0.181. The van der Waals surface area contributed by atoms with Gasteiger partial charge in [-0.2, -0.15) is 0 Å². The summed E-state index contributed by atoms with van der Waals surface area (Å²) in [7, 11) is 0. The summed E-state index contributed by atoms with van der Waals surface area (Å²) in [4.78, 5) is 0. The fourth-order valence-electron chi connectivity index (χ4n) is 1.81. The molecule has 0 bridgehead atoms. The Kier molecular flexibility index (Phi) is 27.3. The number of benzene rings is 2. The van der Waals surface area contributed by atoms with Crippen molar-refractivity contribution in [2.75, 3.05) is 0 Å².